The second-order valence-electron chi connectivity index (χ2n) is 5.71. The van der Waals surface area contributed by atoms with Gasteiger partial charge in [0.05, 0.1) is 6.61 Å². The van der Waals surface area contributed by atoms with E-state index in [9.17, 15) is 4.79 Å². The summed E-state index contributed by atoms with van der Waals surface area (Å²) in [7, 11) is 0. The van der Waals surface area contributed by atoms with Crippen molar-refractivity contribution in [3.8, 4) is 0 Å². The number of thioether (sulfide) groups is 1. The van der Waals surface area contributed by atoms with Gasteiger partial charge in [-0.3, -0.25) is 10.1 Å². The molecule has 1 unspecified atom stereocenters. The van der Waals surface area contributed by atoms with Gasteiger partial charge < -0.3 is 4.74 Å². The van der Waals surface area contributed by atoms with Gasteiger partial charge in [0.15, 0.2) is 0 Å². The largest absolute Gasteiger partial charge is 0.465 e. The molecule has 0 aromatic carbocycles. The van der Waals surface area contributed by atoms with Gasteiger partial charge in [-0.1, -0.05) is 13.8 Å². The van der Waals surface area contributed by atoms with Crippen molar-refractivity contribution < 1.29 is 9.53 Å². The van der Waals surface area contributed by atoms with E-state index in [2.05, 4.69) is 19.2 Å². The van der Waals surface area contributed by atoms with E-state index in [1.165, 1.54) is 19.3 Å². The van der Waals surface area contributed by atoms with Crippen LogP contribution in [0.1, 0.15) is 47.0 Å². The lowest BCUT2D eigenvalue weighted by atomic mass is 10.1. The highest BCUT2D eigenvalue weighted by atomic mass is 32.2. The highest BCUT2D eigenvalue weighted by Crippen LogP contribution is 2.26. The normalized spacial score (nSPS) is 18.7. The number of hydrogen-bond donors (Lipinski definition) is 1. The number of ether oxygens (including phenoxy) is 1. The lowest BCUT2D eigenvalue weighted by Crippen LogP contribution is -2.53. The van der Waals surface area contributed by atoms with Gasteiger partial charge in [-0.15, -0.1) is 0 Å². The Morgan fingerprint density at radius 2 is 2.17 bits per heavy atom. The molecule has 1 atom stereocenters. The second-order valence-corrected chi connectivity index (χ2v) is 6.81. The molecule has 0 amide bonds. The van der Waals surface area contributed by atoms with E-state index in [1.807, 2.05) is 25.6 Å². The molecule has 1 N–H and O–H groups in total. The first kappa shape index (κ1) is 15.8. The van der Waals surface area contributed by atoms with Crippen LogP contribution in [0.5, 0.6) is 0 Å². The van der Waals surface area contributed by atoms with Crippen LogP contribution in [-0.4, -0.2) is 35.7 Å². The lowest BCUT2D eigenvalue weighted by molar-refractivity contribution is -0.149. The van der Waals surface area contributed by atoms with Crippen molar-refractivity contribution in [1.82, 2.24) is 5.32 Å². The molecule has 18 heavy (non-hydrogen) atoms. The Morgan fingerprint density at radius 3 is 2.67 bits per heavy atom. The lowest BCUT2D eigenvalue weighted by Gasteiger charge is -2.28. The summed E-state index contributed by atoms with van der Waals surface area (Å²) in [6.45, 7) is 8.76. The predicted octanol–water partition coefficient (Wildman–Crippen LogP) is 2.84. The van der Waals surface area contributed by atoms with E-state index >= 15 is 0 Å². The summed E-state index contributed by atoms with van der Waals surface area (Å²) >= 11 is 1.85. The zero-order chi connectivity index (χ0) is 13.6. The third-order valence-electron chi connectivity index (χ3n) is 3.06. The standard InChI is InChI=1S/C14H27NO2S/c1-5-17-13(16)14(4,15-12-6-7-12)10-18-9-8-11(2)3/h11-12,15H,5-10H2,1-4H3. The Kier molecular flexibility index (Phi) is 6.50. The van der Waals surface area contributed by atoms with E-state index < -0.39 is 5.54 Å². The number of esters is 1. The van der Waals surface area contributed by atoms with Crippen molar-refractivity contribution in [1.29, 1.82) is 0 Å². The molecule has 1 saturated carbocycles. The minimum absolute atomic E-state index is 0.103. The average Bonchev–Trinajstić information content (AvgIpc) is 3.08. The molecule has 0 spiro atoms. The van der Waals surface area contributed by atoms with Crippen LogP contribution in [0.4, 0.5) is 0 Å². The van der Waals surface area contributed by atoms with E-state index in [1.54, 1.807) is 0 Å². The van der Waals surface area contributed by atoms with E-state index in [-0.39, 0.29) is 5.97 Å². The molecule has 0 aromatic rings. The van der Waals surface area contributed by atoms with Crippen LogP contribution in [0.3, 0.4) is 0 Å². The molecule has 0 bridgehead atoms. The monoisotopic (exact) mass is 273 g/mol. The fourth-order valence-electron chi connectivity index (χ4n) is 1.72. The van der Waals surface area contributed by atoms with Crippen LogP contribution in [-0.2, 0) is 9.53 Å². The first-order valence-corrected chi connectivity index (χ1v) is 8.16. The Bertz CT molecular complexity index is 267. The first-order valence-electron chi connectivity index (χ1n) is 7.00. The summed E-state index contributed by atoms with van der Waals surface area (Å²) in [5.41, 5.74) is -0.515. The molecule has 0 saturated heterocycles. The third-order valence-corrected chi connectivity index (χ3v) is 4.36. The summed E-state index contributed by atoms with van der Waals surface area (Å²) in [6, 6.07) is 0.519. The van der Waals surface area contributed by atoms with Crippen LogP contribution in [0, 0.1) is 5.92 Å². The molecular weight excluding hydrogens is 246 g/mol. The zero-order valence-electron chi connectivity index (χ0n) is 12.1. The van der Waals surface area contributed by atoms with Crippen LogP contribution in [0.2, 0.25) is 0 Å². The van der Waals surface area contributed by atoms with Gasteiger partial charge >= 0.3 is 5.97 Å². The minimum Gasteiger partial charge on any atom is -0.465 e. The number of nitrogens with one attached hydrogen (secondary N) is 1. The van der Waals surface area contributed by atoms with Gasteiger partial charge in [0.25, 0.3) is 0 Å². The van der Waals surface area contributed by atoms with Gasteiger partial charge in [0.1, 0.15) is 5.54 Å². The SMILES string of the molecule is CCOC(=O)C(C)(CSCCC(C)C)NC1CC1. The fraction of sp³-hybridized carbons (Fsp3) is 0.929. The van der Waals surface area contributed by atoms with Crippen molar-refractivity contribution >= 4 is 17.7 Å². The van der Waals surface area contributed by atoms with Gasteiger partial charge in [0.2, 0.25) is 0 Å². The third kappa shape index (κ3) is 5.61. The summed E-state index contributed by atoms with van der Waals surface area (Å²) in [4.78, 5) is 12.1. The average molecular weight is 273 g/mol. The van der Waals surface area contributed by atoms with E-state index in [4.69, 9.17) is 4.74 Å². The Hall–Kier alpha value is -0.220. The maximum atomic E-state index is 12.1. The molecule has 1 fully saturated rings. The number of rotatable bonds is 9. The van der Waals surface area contributed by atoms with Crippen molar-refractivity contribution in [3.05, 3.63) is 0 Å². The molecule has 0 aromatic heterocycles. The van der Waals surface area contributed by atoms with Gasteiger partial charge in [-0.05, 0) is 44.8 Å². The van der Waals surface area contributed by atoms with Crippen LogP contribution in [0.15, 0.2) is 0 Å². The Labute approximate surface area is 115 Å². The highest BCUT2D eigenvalue weighted by molar-refractivity contribution is 7.99. The maximum Gasteiger partial charge on any atom is 0.326 e. The first-order chi connectivity index (χ1) is 8.48. The Balaban J connectivity index is 2.40. The molecule has 4 heteroatoms. The van der Waals surface area contributed by atoms with E-state index in [0.29, 0.717) is 12.6 Å². The van der Waals surface area contributed by atoms with E-state index in [0.717, 1.165) is 17.4 Å². The molecule has 0 aliphatic heterocycles. The van der Waals surface area contributed by atoms with Crippen molar-refractivity contribution in [3.63, 3.8) is 0 Å². The van der Waals surface area contributed by atoms with Gasteiger partial charge in [0, 0.05) is 11.8 Å². The quantitative estimate of drug-likeness (QED) is 0.518. The van der Waals surface area contributed by atoms with Gasteiger partial charge in [-0.2, -0.15) is 11.8 Å². The number of carbonyl (C=O) groups excluding carboxylic acids is 1. The van der Waals surface area contributed by atoms with Crippen molar-refractivity contribution in [2.75, 3.05) is 18.1 Å². The molecule has 1 aliphatic carbocycles. The molecule has 0 radical (unpaired) electrons. The second kappa shape index (κ2) is 7.39. The maximum absolute atomic E-state index is 12.1. The predicted molar refractivity (Wildman–Crippen MR) is 78.0 cm³/mol. The summed E-state index contributed by atoms with van der Waals surface area (Å²) < 4.78 is 5.20. The summed E-state index contributed by atoms with van der Waals surface area (Å²) in [5, 5.41) is 3.44. The van der Waals surface area contributed by atoms with Crippen LogP contribution in [0.25, 0.3) is 0 Å². The van der Waals surface area contributed by atoms with Gasteiger partial charge in [-0.25, -0.2) is 0 Å². The van der Waals surface area contributed by atoms with Crippen LogP contribution < -0.4 is 5.32 Å². The molecular formula is C14H27NO2S. The molecule has 1 rings (SSSR count). The molecule has 1 aliphatic rings. The summed E-state index contributed by atoms with van der Waals surface area (Å²) in [5.74, 6) is 2.53. The number of carbonyl (C=O) groups is 1. The molecule has 0 heterocycles. The summed E-state index contributed by atoms with van der Waals surface area (Å²) in [6.07, 6.45) is 3.57. The highest BCUT2D eigenvalue weighted by Gasteiger charge is 2.39. The van der Waals surface area contributed by atoms with Crippen molar-refractivity contribution in [2.24, 2.45) is 5.92 Å². The molecule has 3 nitrogen and oxygen atoms in total. The smallest absolute Gasteiger partial charge is 0.326 e. The zero-order valence-corrected chi connectivity index (χ0v) is 12.9. The minimum atomic E-state index is -0.515. The van der Waals surface area contributed by atoms with Crippen LogP contribution >= 0.6 is 11.8 Å². The molecule has 106 valence electrons. The topological polar surface area (TPSA) is 38.3 Å². The van der Waals surface area contributed by atoms with Crippen molar-refractivity contribution in [2.45, 2.75) is 58.5 Å². The number of hydrogen-bond acceptors (Lipinski definition) is 4. The Morgan fingerprint density at radius 1 is 1.50 bits per heavy atom. The fourth-order valence-corrected chi connectivity index (χ4v) is 3.12.